The Bertz CT molecular complexity index is 3390. The minimum atomic E-state index is -0.464. The summed E-state index contributed by atoms with van der Waals surface area (Å²) in [5.41, 5.74) is 17.8. The molecular formula is C61H41NS. The number of thiophene rings is 1. The second-order valence-corrected chi connectivity index (χ2v) is 17.4. The van der Waals surface area contributed by atoms with Gasteiger partial charge in [-0.2, -0.15) is 0 Å². The van der Waals surface area contributed by atoms with Gasteiger partial charge in [-0.1, -0.05) is 206 Å². The number of benzene rings is 10. The van der Waals surface area contributed by atoms with Gasteiger partial charge in [0.05, 0.1) is 5.41 Å². The summed E-state index contributed by atoms with van der Waals surface area (Å²) in [6.07, 6.45) is 0. The quantitative estimate of drug-likeness (QED) is 0.148. The van der Waals surface area contributed by atoms with E-state index in [0.29, 0.717) is 0 Å². The molecule has 1 aromatic heterocycles. The minimum absolute atomic E-state index is 0.464. The maximum Gasteiger partial charge on any atom is 0.0713 e. The van der Waals surface area contributed by atoms with Gasteiger partial charge in [-0.05, 0) is 109 Å². The number of nitrogens with zero attached hydrogens (tertiary/aromatic N) is 1. The van der Waals surface area contributed by atoms with Crippen LogP contribution in [0.15, 0.2) is 249 Å². The third kappa shape index (κ3) is 6.06. The van der Waals surface area contributed by atoms with Crippen molar-refractivity contribution < 1.29 is 0 Å². The Morgan fingerprint density at radius 3 is 1.48 bits per heavy atom. The van der Waals surface area contributed by atoms with Gasteiger partial charge >= 0.3 is 0 Å². The first-order chi connectivity index (χ1) is 31.3. The first-order valence-corrected chi connectivity index (χ1v) is 22.5. The monoisotopic (exact) mass is 819 g/mol. The summed E-state index contributed by atoms with van der Waals surface area (Å²) in [6.45, 7) is 0. The van der Waals surface area contributed by atoms with Gasteiger partial charge in [-0.3, -0.25) is 0 Å². The lowest BCUT2D eigenvalue weighted by Crippen LogP contribution is -2.28. The number of anilines is 3. The summed E-state index contributed by atoms with van der Waals surface area (Å²) in [5, 5.41) is 2.63. The van der Waals surface area contributed by atoms with Crippen LogP contribution in [-0.2, 0) is 5.41 Å². The Balaban J connectivity index is 1.02. The molecule has 1 heterocycles. The predicted octanol–water partition coefficient (Wildman–Crippen LogP) is 16.9. The van der Waals surface area contributed by atoms with Crippen LogP contribution in [0, 0.1) is 0 Å². The van der Waals surface area contributed by atoms with Gasteiger partial charge in [0.1, 0.15) is 0 Å². The standard InChI is InChI=1S/C61H41NS/c1-3-17-42(18-4-1)50-23-7-8-24-51(50)44-19-15-22-49(41-44)62(47-37-33-43(34-38-47)52-28-16-29-56-55-27-11-14-32-59(55)63-60(52)56)48-39-35-46(36-40-48)61(45-20-5-2-6-21-45)57-30-12-9-25-53(57)54-26-10-13-31-58(54)61/h1-41H. The summed E-state index contributed by atoms with van der Waals surface area (Å²) in [6, 6.07) is 91.4. The molecule has 0 atom stereocenters. The highest BCUT2D eigenvalue weighted by molar-refractivity contribution is 7.26. The summed E-state index contributed by atoms with van der Waals surface area (Å²) < 4.78 is 2.64. The maximum absolute atomic E-state index is 2.41. The van der Waals surface area contributed by atoms with Gasteiger partial charge in [-0.25, -0.2) is 0 Å². The zero-order valence-electron chi connectivity index (χ0n) is 34.5. The molecule has 0 spiro atoms. The van der Waals surface area contributed by atoms with E-state index in [1.54, 1.807) is 0 Å². The van der Waals surface area contributed by atoms with Crippen molar-refractivity contribution in [1.82, 2.24) is 0 Å². The third-order valence-electron chi connectivity index (χ3n) is 13.0. The Labute approximate surface area is 372 Å². The molecule has 1 nitrogen and oxygen atoms in total. The van der Waals surface area contributed by atoms with Crippen molar-refractivity contribution in [3.05, 3.63) is 271 Å². The van der Waals surface area contributed by atoms with Gasteiger partial charge in [-0.15, -0.1) is 11.3 Å². The number of hydrogen-bond donors (Lipinski definition) is 0. The highest BCUT2D eigenvalue weighted by Crippen LogP contribution is 2.56. The van der Waals surface area contributed by atoms with E-state index in [1.165, 1.54) is 86.9 Å². The van der Waals surface area contributed by atoms with Crippen molar-refractivity contribution in [1.29, 1.82) is 0 Å². The maximum atomic E-state index is 2.41. The summed E-state index contributed by atoms with van der Waals surface area (Å²) in [7, 11) is 0. The summed E-state index contributed by atoms with van der Waals surface area (Å²) in [4.78, 5) is 2.41. The molecule has 11 aromatic rings. The van der Waals surface area contributed by atoms with E-state index in [9.17, 15) is 0 Å². The van der Waals surface area contributed by atoms with Crippen molar-refractivity contribution in [3.8, 4) is 44.5 Å². The lowest BCUT2D eigenvalue weighted by Gasteiger charge is -2.34. The summed E-state index contributed by atoms with van der Waals surface area (Å²) >= 11 is 1.88. The third-order valence-corrected chi connectivity index (χ3v) is 14.2. The molecule has 0 bridgehead atoms. The van der Waals surface area contributed by atoms with Gasteiger partial charge in [0.15, 0.2) is 0 Å². The lowest BCUT2D eigenvalue weighted by atomic mass is 9.68. The van der Waals surface area contributed by atoms with E-state index in [1.807, 2.05) is 11.3 Å². The van der Waals surface area contributed by atoms with Crippen LogP contribution in [0.4, 0.5) is 17.1 Å². The van der Waals surface area contributed by atoms with E-state index in [-0.39, 0.29) is 0 Å². The molecule has 0 aliphatic heterocycles. The molecule has 63 heavy (non-hydrogen) atoms. The topological polar surface area (TPSA) is 3.24 Å². The molecule has 0 unspecified atom stereocenters. The van der Waals surface area contributed by atoms with Crippen LogP contribution in [0.3, 0.4) is 0 Å². The molecule has 0 N–H and O–H groups in total. The zero-order valence-corrected chi connectivity index (χ0v) is 35.3. The number of hydrogen-bond acceptors (Lipinski definition) is 2. The fraction of sp³-hybridized carbons (Fsp3) is 0.0164. The van der Waals surface area contributed by atoms with Crippen LogP contribution < -0.4 is 4.90 Å². The van der Waals surface area contributed by atoms with E-state index in [0.717, 1.165) is 17.1 Å². The van der Waals surface area contributed by atoms with E-state index in [2.05, 4.69) is 254 Å². The zero-order chi connectivity index (χ0) is 41.7. The van der Waals surface area contributed by atoms with Crippen molar-refractivity contribution >= 4 is 48.6 Å². The minimum Gasteiger partial charge on any atom is -0.310 e. The van der Waals surface area contributed by atoms with E-state index < -0.39 is 5.41 Å². The molecule has 2 heteroatoms. The normalized spacial score (nSPS) is 12.6. The van der Waals surface area contributed by atoms with Crippen LogP contribution in [-0.4, -0.2) is 0 Å². The SMILES string of the molecule is c1ccc(-c2ccccc2-c2cccc(N(c3ccc(-c4cccc5c4sc4ccccc45)cc3)c3ccc(C4(c5ccccc5)c5ccccc5-c5ccccc54)cc3)c2)cc1. The van der Waals surface area contributed by atoms with Crippen LogP contribution in [0.2, 0.25) is 0 Å². The highest BCUT2D eigenvalue weighted by atomic mass is 32.1. The van der Waals surface area contributed by atoms with Crippen LogP contribution >= 0.6 is 11.3 Å². The molecule has 296 valence electrons. The average Bonchev–Trinajstić information content (AvgIpc) is 3.90. The van der Waals surface area contributed by atoms with Gasteiger partial charge in [0, 0.05) is 37.2 Å². The largest absolute Gasteiger partial charge is 0.310 e. The molecule has 0 amide bonds. The van der Waals surface area contributed by atoms with Crippen molar-refractivity contribution in [2.24, 2.45) is 0 Å². The fourth-order valence-corrected chi connectivity index (χ4v) is 11.4. The Morgan fingerprint density at radius 1 is 0.302 bits per heavy atom. The van der Waals surface area contributed by atoms with Crippen molar-refractivity contribution in [2.75, 3.05) is 4.90 Å². The predicted molar refractivity (Wildman–Crippen MR) is 268 cm³/mol. The van der Waals surface area contributed by atoms with Crippen molar-refractivity contribution in [3.63, 3.8) is 0 Å². The van der Waals surface area contributed by atoms with E-state index in [4.69, 9.17) is 0 Å². The van der Waals surface area contributed by atoms with Gasteiger partial charge < -0.3 is 4.90 Å². The second kappa shape index (κ2) is 15.3. The highest BCUT2D eigenvalue weighted by Gasteiger charge is 2.45. The van der Waals surface area contributed by atoms with Crippen molar-refractivity contribution in [2.45, 2.75) is 5.41 Å². The van der Waals surface area contributed by atoms with Crippen LogP contribution in [0.1, 0.15) is 22.3 Å². The lowest BCUT2D eigenvalue weighted by molar-refractivity contribution is 0.768. The summed E-state index contributed by atoms with van der Waals surface area (Å²) in [5.74, 6) is 0. The molecular weight excluding hydrogens is 779 g/mol. The molecule has 0 saturated heterocycles. The van der Waals surface area contributed by atoms with Gasteiger partial charge in [0.25, 0.3) is 0 Å². The number of fused-ring (bicyclic) bond motifs is 6. The molecule has 10 aromatic carbocycles. The molecule has 1 aliphatic rings. The molecule has 1 aliphatic carbocycles. The molecule has 0 fully saturated rings. The average molecular weight is 820 g/mol. The fourth-order valence-electron chi connectivity index (χ4n) is 10.2. The molecule has 0 radical (unpaired) electrons. The molecule has 12 rings (SSSR count). The molecule has 0 saturated carbocycles. The van der Waals surface area contributed by atoms with Crippen LogP contribution in [0.25, 0.3) is 64.7 Å². The number of rotatable bonds is 8. The first-order valence-electron chi connectivity index (χ1n) is 21.7. The Kier molecular flexibility index (Phi) is 8.98. The van der Waals surface area contributed by atoms with Gasteiger partial charge in [0.2, 0.25) is 0 Å². The Morgan fingerprint density at radius 2 is 0.778 bits per heavy atom. The Hall–Kier alpha value is -7.78. The van der Waals surface area contributed by atoms with E-state index >= 15 is 0 Å². The second-order valence-electron chi connectivity index (χ2n) is 16.4. The smallest absolute Gasteiger partial charge is 0.0713 e. The van der Waals surface area contributed by atoms with Crippen LogP contribution in [0.5, 0.6) is 0 Å². The first kappa shape index (κ1) is 37.0.